The average Bonchev–Trinajstić information content (AvgIpc) is 2.67. The van der Waals surface area contributed by atoms with E-state index in [1.165, 1.54) is 25.8 Å². The van der Waals surface area contributed by atoms with Crippen LogP contribution in [0.2, 0.25) is 0 Å². The number of nitrogens with one attached hydrogen (secondary N) is 2. The Kier molecular flexibility index (Phi) is 12.5. The normalized spacial score (nSPS) is 21.6. The van der Waals surface area contributed by atoms with Gasteiger partial charge in [0.05, 0.1) is 0 Å². The smallest absolute Gasteiger partial charge is 0.410 e. The molecule has 31 heavy (non-hydrogen) atoms. The summed E-state index contributed by atoms with van der Waals surface area (Å²) in [7, 11) is 1.84. The molecule has 7 nitrogen and oxygen atoms in total. The number of carbonyl (C=O) groups is 1. The maximum absolute atomic E-state index is 12.3. The highest BCUT2D eigenvalue weighted by atomic mass is 127. The molecule has 2 aliphatic rings. The first kappa shape index (κ1) is 28.3. The first-order chi connectivity index (χ1) is 14.2. The standard InChI is InChI=1S/C23H45N5O2.HI/c1-18(2)16-27-14-10-20(11-15-27)26-21(24-6)25-12-9-19-8-7-13-28(17-19)22(29)30-23(3,4)5;/h18-20H,7-17H2,1-6H3,(H2,24,25,26);1H. The zero-order valence-electron chi connectivity index (χ0n) is 20.6. The Hall–Kier alpha value is -0.770. The molecule has 2 saturated heterocycles. The summed E-state index contributed by atoms with van der Waals surface area (Å²) in [4.78, 5) is 21.2. The molecule has 8 heteroatoms. The van der Waals surface area contributed by atoms with E-state index < -0.39 is 5.60 Å². The van der Waals surface area contributed by atoms with Gasteiger partial charge in [-0.2, -0.15) is 0 Å². The van der Waals surface area contributed by atoms with Gasteiger partial charge in [-0.3, -0.25) is 4.99 Å². The van der Waals surface area contributed by atoms with Crippen LogP contribution < -0.4 is 10.6 Å². The first-order valence-electron chi connectivity index (χ1n) is 11.8. The number of nitrogens with zero attached hydrogens (tertiary/aromatic N) is 3. The van der Waals surface area contributed by atoms with E-state index in [4.69, 9.17) is 4.74 Å². The van der Waals surface area contributed by atoms with Crippen molar-refractivity contribution >= 4 is 36.0 Å². The molecule has 1 unspecified atom stereocenters. The Morgan fingerprint density at radius 3 is 2.42 bits per heavy atom. The lowest BCUT2D eigenvalue weighted by molar-refractivity contribution is 0.0162. The summed E-state index contributed by atoms with van der Waals surface area (Å²) in [6.07, 6.45) is 5.41. The monoisotopic (exact) mass is 551 g/mol. The van der Waals surface area contributed by atoms with Crippen LogP contribution in [0.25, 0.3) is 0 Å². The van der Waals surface area contributed by atoms with E-state index in [1.54, 1.807) is 0 Å². The Labute approximate surface area is 207 Å². The molecule has 0 aromatic heterocycles. The Morgan fingerprint density at radius 1 is 1.16 bits per heavy atom. The molecule has 2 N–H and O–H groups in total. The summed E-state index contributed by atoms with van der Waals surface area (Å²) >= 11 is 0. The van der Waals surface area contributed by atoms with E-state index >= 15 is 0 Å². The van der Waals surface area contributed by atoms with Crippen LogP contribution in [-0.2, 0) is 4.74 Å². The molecule has 0 spiro atoms. The number of piperidine rings is 2. The van der Waals surface area contributed by atoms with Crippen molar-refractivity contribution in [3.05, 3.63) is 0 Å². The molecule has 0 aromatic carbocycles. The molecule has 0 aromatic rings. The number of aliphatic imine (C=N–C) groups is 1. The van der Waals surface area contributed by atoms with Gasteiger partial charge in [-0.25, -0.2) is 4.79 Å². The molecule has 2 rings (SSSR count). The molecule has 2 heterocycles. The lowest BCUT2D eigenvalue weighted by Gasteiger charge is -2.35. The molecule has 0 saturated carbocycles. The predicted molar refractivity (Wildman–Crippen MR) is 139 cm³/mol. The van der Waals surface area contributed by atoms with Crippen molar-refractivity contribution in [1.82, 2.24) is 20.4 Å². The van der Waals surface area contributed by atoms with E-state index in [0.29, 0.717) is 12.0 Å². The number of hydrogen-bond acceptors (Lipinski definition) is 4. The highest BCUT2D eigenvalue weighted by molar-refractivity contribution is 14.0. The van der Waals surface area contributed by atoms with Crippen LogP contribution >= 0.6 is 24.0 Å². The van der Waals surface area contributed by atoms with Gasteiger partial charge in [0.25, 0.3) is 0 Å². The van der Waals surface area contributed by atoms with Gasteiger partial charge in [-0.05, 0) is 64.7 Å². The topological polar surface area (TPSA) is 69.2 Å². The zero-order chi connectivity index (χ0) is 22.1. The van der Waals surface area contributed by atoms with Crippen molar-refractivity contribution in [2.24, 2.45) is 16.8 Å². The summed E-state index contributed by atoms with van der Waals surface area (Å²) in [5.41, 5.74) is -0.436. The maximum atomic E-state index is 12.3. The van der Waals surface area contributed by atoms with E-state index in [9.17, 15) is 4.79 Å². The van der Waals surface area contributed by atoms with Crippen LogP contribution in [0, 0.1) is 11.8 Å². The SMILES string of the molecule is CN=C(NCCC1CCCN(C(=O)OC(C)(C)C)C1)NC1CCN(CC(C)C)CC1.I. The van der Waals surface area contributed by atoms with Gasteiger partial charge < -0.3 is 25.2 Å². The molecule has 0 bridgehead atoms. The number of likely N-dealkylation sites (tertiary alicyclic amines) is 2. The van der Waals surface area contributed by atoms with Crippen LogP contribution in [0.3, 0.4) is 0 Å². The van der Waals surface area contributed by atoms with Gasteiger partial charge in [0.1, 0.15) is 5.60 Å². The van der Waals surface area contributed by atoms with Gasteiger partial charge in [0.15, 0.2) is 5.96 Å². The third-order valence-electron chi connectivity index (χ3n) is 5.79. The van der Waals surface area contributed by atoms with Crippen LogP contribution in [0.5, 0.6) is 0 Å². The Bertz CT molecular complexity index is 557. The van der Waals surface area contributed by atoms with E-state index in [-0.39, 0.29) is 30.1 Å². The highest BCUT2D eigenvalue weighted by Gasteiger charge is 2.27. The minimum atomic E-state index is -0.436. The second-order valence-corrected chi connectivity index (χ2v) is 10.3. The molecule has 0 aliphatic carbocycles. The second-order valence-electron chi connectivity index (χ2n) is 10.3. The minimum Gasteiger partial charge on any atom is -0.444 e. The highest BCUT2D eigenvalue weighted by Crippen LogP contribution is 2.21. The molecule has 0 radical (unpaired) electrons. The molecule has 2 fully saturated rings. The van der Waals surface area contributed by atoms with Crippen LogP contribution in [0.15, 0.2) is 4.99 Å². The maximum Gasteiger partial charge on any atom is 0.410 e. The minimum absolute atomic E-state index is 0. The average molecular weight is 552 g/mol. The fraction of sp³-hybridized carbons (Fsp3) is 0.913. The quantitative estimate of drug-likeness (QED) is 0.298. The van der Waals surface area contributed by atoms with Gasteiger partial charge in [0.2, 0.25) is 0 Å². The largest absolute Gasteiger partial charge is 0.444 e. The van der Waals surface area contributed by atoms with E-state index in [2.05, 4.69) is 34.4 Å². The fourth-order valence-electron chi connectivity index (χ4n) is 4.35. The third-order valence-corrected chi connectivity index (χ3v) is 5.79. The van der Waals surface area contributed by atoms with Gasteiger partial charge >= 0.3 is 6.09 Å². The van der Waals surface area contributed by atoms with Crippen LogP contribution in [0.4, 0.5) is 4.79 Å². The molecule has 182 valence electrons. The summed E-state index contributed by atoms with van der Waals surface area (Å²) in [6.45, 7) is 16.3. The zero-order valence-corrected chi connectivity index (χ0v) is 22.9. The molecule has 1 amide bonds. The summed E-state index contributed by atoms with van der Waals surface area (Å²) < 4.78 is 5.54. The number of rotatable bonds is 6. The molecular weight excluding hydrogens is 505 g/mol. The third kappa shape index (κ3) is 11.1. The van der Waals surface area contributed by atoms with Gasteiger partial charge in [0, 0.05) is 52.4 Å². The van der Waals surface area contributed by atoms with Crippen molar-refractivity contribution in [2.75, 3.05) is 46.3 Å². The predicted octanol–water partition coefficient (Wildman–Crippen LogP) is 3.93. The van der Waals surface area contributed by atoms with E-state index in [0.717, 1.165) is 57.4 Å². The molecule has 2 aliphatic heterocycles. The summed E-state index contributed by atoms with van der Waals surface area (Å²) in [6, 6.07) is 0.497. The summed E-state index contributed by atoms with van der Waals surface area (Å²) in [5, 5.41) is 7.08. The van der Waals surface area contributed by atoms with Gasteiger partial charge in [-0.15, -0.1) is 24.0 Å². The van der Waals surface area contributed by atoms with Crippen molar-refractivity contribution in [1.29, 1.82) is 0 Å². The molecule has 1 atom stereocenters. The van der Waals surface area contributed by atoms with Gasteiger partial charge in [-0.1, -0.05) is 13.8 Å². The van der Waals surface area contributed by atoms with Crippen LogP contribution in [-0.4, -0.2) is 79.8 Å². The fourth-order valence-corrected chi connectivity index (χ4v) is 4.35. The summed E-state index contributed by atoms with van der Waals surface area (Å²) in [5.74, 6) is 2.14. The number of amides is 1. The number of guanidine groups is 1. The van der Waals surface area contributed by atoms with E-state index in [1.807, 2.05) is 32.7 Å². The Morgan fingerprint density at radius 2 is 1.84 bits per heavy atom. The van der Waals surface area contributed by atoms with Crippen molar-refractivity contribution in [3.63, 3.8) is 0 Å². The number of carbonyl (C=O) groups excluding carboxylic acids is 1. The number of hydrogen-bond donors (Lipinski definition) is 2. The van der Waals surface area contributed by atoms with Crippen molar-refractivity contribution in [2.45, 2.75) is 78.4 Å². The van der Waals surface area contributed by atoms with Crippen molar-refractivity contribution in [3.8, 4) is 0 Å². The number of ether oxygens (including phenoxy) is 1. The lowest BCUT2D eigenvalue weighted by Crippen LogP contribution is -2.49. The molecular formula is C23H46IN5O2. The van der Waals surface area contributed by atoms with Crippen LogP contribution in [0.1, 0.15) is 66.7 Å². The Balaban J connectivity index is 0.00000480. The second kappa shape index (κ2) is 13.7. The van der Waals surface area contributed by atoms with Crippen molar-refractivity contribution < 1.29 is 9.53 Å². The lowest BCUT2D eigenvalue weighted by atomic mass is 9.95. The number of halogens is 1. The first-order valence-corrected chi connectivity index (χ1v) is 11.8.